The second-order valence-corrected chi connectivity index (χ2v) is 8.70. The fraction of sp³-hybridized carbons (Fsp3) is 0.320. The van der Waals surface area contributed by atoms with Crippen LogP contribution in [0.1, 0.15) is 47.3 Å². The van der Waals surface area contributed by atoms with E-state index in [0.29, 0.717) is 6.54 Å². The summed E-state index contributed by atoms with van der Waals surface area (Å²) in [6.45, 7) is 2.03. The maximum Gasteiger partial charge on any atom is 0.408 e. The number of nitrogens with zero attached hydrogens (tertiary/aromatic N) is 1. The van der Waals surface area contributed by atoms with Crippen LogP contribution in [0, 0.1) is 11.6 Å². The Balaban J connectivity index is 1.76. The van der Waals surface area contributed by atoms with E-state index in [4.69, 9.17) is 4.74 Å². The molecule has 1 atom stereocenters. The van der Waals surface area contributed by atoms with Gasteiger partial charge in [0.25, 0.3) is 0 Å². The van der Waals surface area contributed by atoms with Crippen LogP contribution in [-0.2, 0) is 16.9 Å². The lowest BCUT2D eigenvalue weighted by molar-refractivity contribution is 0.0694. The lowest BCUT2D eigenvalue weighted by Gasteiger charge is -2.24. The SMILES string of the molecule is CNCC(C)n1cc(C(=O)O)c(=O)c2cc(F)c(C3(NC(=O)OCc4ccccc4)CC3)c(F)c21. The fourth-order valence-electron chi connectivity index (χ4n) is 4.29. The molecule has 184 valence electrons. The number of ether oxygens (including phenoxy) is 1. The number of carboxylic acid groups (broad SMARTS) is 1. The highest BCUT2D eigenvalue weighted by molar-refractivity contribution is 5.93. The molecule has 1 aliphatic rings. The number of likely N-dealkylation sites (N-methyl/N-ethyl adjacent to an activating group) is 1. The summed E-state index contributed by atoms with van der Waals surface area (Å²) in [5, 5.41) is 14.6. The third kappa shape index (κ3) is 4.61. The third-order valence-electron chi connectivity index (χ3n) is 6.20. The molecular formula is C25H25F2N3O5. The topological polar surface area (TPSA) is 110 Å². The third-order valence-corrected chi connectivity index (χ3v) is 6.20. The van der Waals surface area contributed by atoms with Gasteiger partial charge in [0.15, 0.2) is 5.82 Å². The van der Waals surface area contributed by atoms with E-state index in [2.05, 4.69) is 10.6 Å². The maximum atomic E-state index is 16.0. The molecule has 1 aliphatic carbocycles. The van der Waals surface area contributed by atoms with Gasteiger partial charge in [0.05, 0.1) is 22.0 Å². The molecule has 1 aromatic heterocycles. The molecule has 35 heavy (non-hydrogen) atoms. The van der Waals surface area contributed by atoms with Gasteiger partial charge in [-0.15, -0.1) is 0 Å². The molecule has 1 amide bonds. The van der Waals surface area contributed by atoms with Crippen molar-refractivity contribution in [1.29, 1.82) is 0 Å². The standard InChI is InChI=1S/C25H25F2N3O5/c1-14(11-28-2)30-12-17(23(32)33)22(31)16-10-18(26)19(20(27)21(16)30)25(8-9-25)29-24(34)35-13-15-6-4-3-5-7-15/h3-7,10,12,14,28H,8-9,11,13H2,1-2H3,(H,29,34)(H,32,33). The van der Waals surface area contributed by atoms with Crippen LogP contribution in [0.3, 0.4) is 0 Å². The van der Waals surface area contributed by atoms with Crippen molar-refractivity contribution in [2.45, 2.75) is 38.0 Å². The van der Waals surface area contributed by atoms with Crippen LogP contribution in [0.15, 0.2) is 47.4 Å². The maximum absolute atomic E-state index is 16.0. The summed E-state index contributed by atoms with van der Waals surface area (Å²) in [7, 11) is 1.67. The van der Waals surface area contributed by atoms with E-state index in [1.165, 1.54) is 4.57 Å². The van der Waals surface area contributed by atoms with Gasteiger partial charge in [0.1, 0.15) is 18.0 Å². The van der Waals surface area contributed by atoms with E-state index < -0.39 is 46.3 Å². The minimum Gasteiger partial charge on any atom is -0.477 e. The highest BCUT2D eigenvalue weighted by atomic mass is 19.1. The summed E-state index contributed by atoms with van der Waals surface area (Å²) in [4.78, 5) is 36.8. The van der Waals surface area contributed by atoms with Gasteiger partial charge in [-0.25, -0.2) is 18.4 Å². The van der Waals surface area contributed by atoms with Crippen molar-refractivity contribution < 1.29 is 28.2 Å². The second-order valence-electron chi connectivity index (χ2n) is 8.70. The number of rotatable bonds is 8. The number of carbonyl (C=O) groups excluding carboxylic acids is 1. The first-order valence-corrected chi connectivity index (χ1v) is 11.1. The lowest BCUT2D eigenvalue weighted by Crippen LogP contribution is -2.37. The molecule has 0 radical (unpaired) electrons. The Morgan fingerprint density at radius 2 is 1.91 bits per heavy atom. The summed E-state index contributed by atoms with van der Waals surface area (Å²) in [5.74, 6) is -3.55. The highest BCUT2D eigenvalue weighted by Gasteiger charge is 2.50. The van der Waals surface area contributed by atoms with Crippen molar-refractivity contribution in [2.75, 3.05) is 13.6 Å². The number of aromatic carboxylic acids is 1. The Labute approximate surface area is 199 Å². The molecule has 10 heteroatoms. The zero-order valence-corrected chi connectivity index (χ0v) is 19.2. The van der Waals surface area contributed by atoms with Gasteiger partial charge in [-0.2, -0.15) is 0 Å². The number of hydrogen-bond donors (Lipinski definition) is 3. The molecule has 1 unspecified atom stereocenters. The van der Waals surface area contributed by atoms with Gasteiger partial charge in [-0.05, 0) is 38.4 Å². The number of nitrogens with one attached hydrogen (secondary N) is 2. The van der Waals surface area contributed by atoms with Crippen molar-refractivity contribution >= 4 is 23.0 Å². The molecule has 1 heterocycles. The summed E-state index contributed by atoms with van der Waals surface area (Å²) < 4.78 is 37.8. The minimum absolute atomic E-state index is 0.00945. The van der Waals surface area contributed by atoms with E-state index in [-0.39, 0.29) is 35.9 Å². The molecule has 3 aromatic rings. The van der Waals surface area contributed by atoms with Crippen LogP contribution < -0.4 is 16.1 Å². The van der Waals surface area contributed by atoms with Crippen LogP contribution in [0.5, 0.6) is 0 Å². The number of carbonyl (C=O) groups is 2. The van der Waals surface area contributed by atoms with Crippen molar-refractivity contribution in [3.8, 4) is 0 Å². The summed E-state index contributed by atoms with van der Waals surface area (Å²) >= 11 is 0. The Bertz CT molecular complexity index is 1350. The number of benzene rings is 2. The molecule has 1 saturated carbocycles. The van der Waals surface area contributed by atoms with Gasteiger partial charge in [0.2, 0.25) is 5.43 Å². The van der Waals surface area contributed by atoms with Crippen molar-refractivity contribution in [1.82, 2.24) is 15.2 Å². The predicted molar refractivity (Wildman–Crippen MR) is 124 cm³/mol. The average Bonchev–Trinajstić information content (AvgIpc) is 3.58. The Hall–Kier alpha value is -3.79. The largest absolute Gasteiger partial charge is 0.477 e. The first kappa shape index (κ1) is 24.3. The second kappa shape index (κ2) is 9.46. The molecule has 2 aromatic carbocycles. The average molecular weight is 485 g/mol. The smallest absolute Gasteiger partial charge is 0.408 e. The summed E-state index contributed by atoms with van der Waals surface area (Å²) in [6, 6.07) is 9.35. The zero-order chi connectivity index (χ0) is 25.3. The van der Waals surface area contributed by atoms with Gasteiger partial charge in [-0.3, -0.25) is 4.79 Å². The number of alkyl carbamates (subject to hydrolysis) is 1. The normalized spacial score (nSPS) is 15.0. The van der Waals surface area contributed by atoms with Crippen LogP contribution in [0.25, 0.3) is 10.9 Å². The summed E-state index contributed by atoms with van der Waals surface area (Å²) in [5.41, 5.74) is -2.73. The van der Waals surface area contributed by atoms with Crippen LogP contribution in [0.2, 0.25) is 0 Å². The van der Waals surface area contributed by atoms with E-state index in [0.717, 1.165) is 17.8 Å². The van der Waals surface area contributed by atoms with E-state index in [1.54, 1.807) is 38.2 Å². The molecule has 1 fully saturated rings. The fourth-order valence-corrected chi connectivity index (χ4v) is 4.29. The van der Waals surface area contributed by atoms with Crippen LogP contribution >= 0.6 is 0 Å². The predicted octanol–water partition coefficient (Wildman–Crippen LogP) is 3.67. The van der Waals surface area contributed by atoms with Crippen LogP contribution in [0.4, 0.5) is 13.6 Å². The quantitative estimate of drug-likeness (QED) is 0.449. The van der Waals surface area contributed by atoms with Gasteiger partial charge in [0, 0.05) is 18.8 Å². The Kier molecular flexibility index (Phi) is 6.58. The number of fused-ring (bicyclic) bond motifs is 1. The lowest BCUT2D eigenvalue weighted by atomic mass is 9.99. The van der Waals surface area contributed by atoms with Crippen molar-refractivity contribution in [3.63, 3.8) is 0 Å². The van der Waals surface area contributed by atoms with Crippen molar-refractivity contribution in [2.24, 2.45) is 0 Å². The first-order chi connectivity index (χ1) is 16.7. The number of aromatic nitrogens is 1. The molecular weight excluding hydrogens is 460 g/mol. The van der Waals surface area contributed by atoms with E-state index in [9.17, 15) is 19.5 Å². The number of halogens is 2. The van der Waals surface area contributed by atoms with Gasteiger partial charge in [-0.1, -0.05) is 30.3 Å². The van der Waals surface area contributed by atoms with Crippen molar-refractivity contribution in [3.05, 3.63) is 81.1 Å². The molecule has 4 rings (SSSR count). The Morgan fingerprint density at radius 3 is 2.51 bits per heavy atom. The highest BCUT2D eigenvalue weighted by Crippen LogP contribution is 2.48. The zero-order valence-electron chi connectivity index (χ0n) is 19.2. The number of carboxylic acids is 1. The van der Waals surface area contributed by atoms with Gasteiger partial charge >= 0.3 is 12.1 Å². The monoisotopic (exact) mass is 485 g/mol. The molecule has 8 nitrogen and oxygen atoms in total. The molecule has 0 aliphatic heterocycles. The molecule has 3 N–H and O–H groups in total. The Morgan fingerprint density at radius 1 is 1.23 bits per heavy atom. The molecule has 0 saturated heterocycles. The van der Waals surface area contributed by atoms with E-state index in [1.807, 2.05) is 6.07 Å². The molecule has 0 spiro atoms. The number of hydrogen-bond acceptors (Lipinski definition) is 5. The number of pyridine rings is 1. The van der Waals surface area contributed by atoms with E-state index >= 15 is 8.78 Å². The number of amides is 1. The summed E-state index contributed by atoms with van der Waals surface area (Å²) in [6.07, 6.45) is 0.792. The van der Waals surface area contributed by atoms with Crippen LogP contribution in [-0.4, -0.2) is 35.3 Å². The first-order valence-electron chi connectivity index (χ1n) is 11.1. The molecule has 0 bridgehead atoms. The minimum atomic E-state index is -1.49. The van der Waals surface area contributed by atoms with Gasteiger partial charge < -0.3 is 25.0 Å².